The van der Waals surface area contributed by atoms with Crippen molar-refractivity contribution < 1.29 is 14.3 Å². The van der Waals surface area contributed by atoms with Crippen molar-refractivity contribution in [3.63, 3.8) is 0 Å². The smallest absolute Gasteiger partial charge is 0.227 e. The van der Waals surface area contributed by atoms with Crippen LogP contribution < -0.4 is 4.74 Å². The summed E-state index contributed by atoms with van der Waals surface area (Å²) in [5, 5.41) is 0. The Kier molecular flexibility index (Phi) is 3.25. The third-order valence-corrected chi connectivity index (χ3v) is 2.49. The molecule has 0 fully saturated rings. The highest BCUT2D eigenvalue weighted by molar-refractivity contribution is 6.07. The van der Waals surface area contributed by atoms with Gasteiger partial charge in [-0.15, -0.1) is 0 Å². The summed E-state index contributed by atoms with van der Waals surface area (Å²) in [5.41, 5.74) is 0.604. The summed E-state index contributed by atoms with van der Waals surface area (Å²) in [6.07, 6.45) is 3.74. The number of Topliss-reactive ketones (excluding diaryl/α,β-unsaturated/α-hetero) is 1. The van der Waals surface area contributed by atoms with E-state index in [0.717, 1.165) is 12.8 Å². The zero-order valence-corrected chi connectivity index (χ0v) is 9.23. The predicted molar refractivity (Wildman–Crippen MR) is 60.6 cm³/mol. The summed E-state index contributed by atoms with van der Waals surface area (Å²) in [5.74, 6) is 1.07. The summed E-state index contributed by atoms with van der Waals surface area (Å²) in [7, 11) is 1.58. The van der Waals surface area contributed by atoms with Crippen molar-refractivity contribution in [2.75, 3.05) is 13.7 Å². The van der Waals surface area contributed by atoms with Crippen LogP contribution in [-0.2, 0) is 4.74 Å². The standard InChI is InChI=1S/C13H14O3/c1-15-11-6-4-5-10(9-11)13(14)12-7-2-3-8-16-12/h4-7,9H,2-3,8H2,1H3. The number of ether oxygens (including phenoxy) is 2. The van der Waals surface area contributed by atoms with E-state index in [1.54, 1.807) is 25.3 Å². The van der Waals surface area contributed by atoms with Gasteiger partial charge in [-0.25, -0.2) is 0 Å². The first kappa shape index (κ1) is 10.7. The molecule has 0 N–H and O–H groups in total. The molecule has 1 aromatic rings. The van der Waals surface area contributed by atoms with Crippen molar-refractivity contribution in [1.82, 2.24) is 0 Å². The molecule has 0 atom stereocenters. The lowest BCUT2D eigenvalue weighted by Gasteiger charge is -2.13. The summed E-state index contributed by atoms with van der Waals surface area (Å²) >= 11 is 0. The molecule has 3 heteroatoms. The van der Waals surface area contributed by atoms with E-state index in [1.807, 2.05) is 12.1 Å². The summed E-state index contributed by atoms with van der Waals surface area (Å²) in [6.45, 7) is 0.627. The molecule has 0 amide bonds. The highest BCUT2D eigenvalue weighted by Crippen LogP contribution is 2.19. The van der Waals surface area contributed by atoms with E-state index in [0.29, 0.717) is 23.7 Å². The van der Waals surface area contributed by atoms with Crippen molar-refractivity contribution in [3.05, 3.63) is 41.7 Å². The van der Waals surface area contributed by atoms with Crippen molar-refractivity contribution in [1.29, 1.82) is 0 Å². The average molecular weight is 218 g/mol. The number of allylic oxidation sites excluding steroid dienone is 2. The Morgan fingerprint density at radius 3 is 3.00 bits per heavy atom. The molecule has 0 unspecified atom stereocenters. The minimum Gasteiger partial charge on any atom is -0.497 e. The van der Waals surface area contributed by atoms with Gasteiger partial charge in [0.2, 0.25) is 5.78 Å². The van der Waals surface area contributed by atoms with E-state index in [1.165, 1.54) is 0 Å². The van der Waals surface area contributed by atoms with Gasteiger partial charge in [-0.3, -0.25) is 4.79 Å². The molecular formula is C13H14O3. The molecule has 1 heterocycles. The fourth-order valence-electron chi connectivity index (χ4n) is 1.62. The van der Waals surface area contributed by atoms with Gasteiger partial charge >= 0.3 is 0 Å². The summed E-state index contributed by atoms with van der Waals surface area (Å²) in [6, 6.07) is 7.10. The van der Waals surface area contributed by atoms with Crippen LogP contribution in [0.1, 0.15) is 23.2 Å². The molecule has 0 spiro atoms. The molecule has 1 aliphatic heterocycles. The van der Waals surface area contributed by atoms with Gasteiger partial charge in [0, 0.05) is 5.56 Å². The number of hydrogen-bond donors (Lipinski definition) is 0. The van der Waals surface area contributed by atoms with Crippen LogP contribution in [0.25, 0.3) is 0 Å². The maximum absolute atomic E-state index is 12.0. The maximum atomic E-state index is 12.0. The van der Waals surface area contributed by atoms with Crippen molar-refractivity contribution in [2.24, 2.45) is 0 Å². The number of ketones is 1. The molecule has 0 aliphatic carbocycles. The Morgan fingerprint density at radius 1 is 1.44 bits per heavy atom. The van der Waals surface area contributed by atoms with Gasteiger partial charge < -0.3 is 9.47 Å². The van der Waals surface area contributed by atoms with Crippen LogP contribution in [0.2, 0.25) is 0 Å². The van der Waals surface area contributed by atoms with Crippen LogP contribution >= 0.6 is 0 Å². The predicted octanol–water partition coefficient (Wildman–Crippen LogP) is 2.57. The van der Waals surface area contributed by atoms with Crippen LogP contribution in [0.4, 0.5) is 0 Å². The molecule has 0 saturated carbocycles. The molecule has 0 saturated heterocycles. The number of carbonyl (C=O) groups is 1. The van der Waals surface area contributed by atoms with Gasteiger partial charge in [0.05, 0.1) is 13.7 Å². The van der Waals surface area contributed by atoms with Gasteiger partial charge in [-0.05, 0) is 31.1 Å². The van der Waals surface area contributed by atoms with Crippen molar-refractivity contribution >= 4 is 5.78 Å². The Balaban J connectivity index is 2.22. The monoisotopic (exact) mass is 218 g/mol. The zero-order valence-electron chi connectivity index (χ0n) is 9.23. The molecule has 0 bridgehead atoms. The van der Waals surface area contributed by atoms with Crippen LogP contribution in [0.5, 0.6) is 5.75 Å². The van der Waals surface area contributed by atoms with E-state index >= 15 is 0 Å². The first-order valence-electron chi connectivity index (χ1n) is 5.33. The SMILES string of the molecule is COc1cccc(C(=O)C2=CCCCO2)c1. The van der Waals surface area contributed by atoms with Crippen molar-refractivity contribution in [2.45, 2.75) is 12.8 Å². The number of methoxy groups -OCH3 is 1. The normalized spacial score (nSPS) is 14.9. The number of carbonyl (C=O) groups excluding carboxylic acids is 1. The summed E-state index contributed by atoms with van der Waals surface area (Å²) < 4.78 is 10.4. The maximum Gasteiger partial charge on any atom is 0.227 e. The third-order valence-electron chi connectivity index (χ3n) is 2.49. The Hall–Kier alpha value is -1.77. The second-order valence-corrected chi connectivity index (χ2v) is 3.62. The van der Waals surface area contributed by atoms with Gasteiger partial charge in [-0.1, -0.05) is 12.1 Å². The molecule has 0 aromatic heterocycles. The fraction of sp³-hybridized carbons (Fsp3) is 0.308. The van der Waals surface area contributed by atoms with Gasteiger partial charge in [0.1, 0.15) is 5.75 Å². The van der Waals surface area contributed by atoms with Crippen LogP contribution in [0, 0.1) is 0 Å². The van der Waals surface area contributed by atoms with Gasteiger partial charge in [0.25, 0.3) is 0 Å². The minimum atomic E-state index is -0.0707. The average Bonchev–Trinajstić information content (AvgIpc) is 2.39. The lowest BCUT2D eigenvalue weighted by Crippen LogP contribution is -2.11. The molecule has 2 rings (SSSR count). The van der Waals surface area contributed by atoms with E-state index < -0.39 is 0 Å². The molecule has 1 aliphatic rings. The molecular weight excluding hydrogens is 204 g/mol. The fourth-order valence-corrected chi connectivity index (χ4v) is 1.62. The topological polar surface area (TPSA) is 35.5 Å². The first-order valence-corrected chi connectivity index (χ1v) is 5.33. The lowest BCUT2D eigenvalue weighted by molar-refractivity contribution is 0.0898. The van der Waals surface area contributed by atoms with Crippen LogP contribution in [0.3, 0.4) is 0 Å². The first-order chi connectivity index (χ1) is 7.81. The third kappa shape index (κ3) is 2.24. The molecule has 84 valence electrons. The quantitative estimate of drug-likeness (QED) is 0.731. The largest absolute Gasteiger partial charge is 0.497 e. The Labute approximate surface area is 94.7 Å². The van der Waals surface area contributed by atoms with E-state index in [4.69, 9.17) is 9.47 Å². The molecule has 16 heavy (non-hydrogen) atoms. The van der Waals surface area contributed by atoms with E-state index in [2.05, 4.69) is 0 Å². The van der Waals surface area contributed by atoms with E-state index in [-0.39, 0.29) is 5.78 Å². The minimum absolute atomic E-state index is 0.0707. The number of hydrogen-bond acceptors (Lipinski definition) is 3. The highest BCUT2D eigenvalue weighted by Gasteiger charge is 2.16. The molecule has 3 nitrogen and oxygen atoms in total. The number of rotatable bonds is 3. The van der Waals surface area contributed by atoms with Crippen molar-refractivity contribution in [3.8, 4) is 5.75 Å². The van der Waals surface area contributed by atoms with Gasteiger partial charge in [0.15, 0.2) is 5.76 Å². The molecule has 0 radical (unpaired) electrons. The molecule has 1 aromatic carbocycles. The second kappa shape index (κ2) is 4.84. The second-order valence-electron chi connectivity index (χ2n) is 3.62. The van der Waals surface area contributed by atoms with Crippen LogP contribution in [-0.4, -0.2) is 19.5 Å². The highest BCUT2D eigenvalue weighted by atomic mass is 16.5. The zero-order chi connectivity index (χ0) is 11.4. The van der Waals surface area contributed by atoms with E-state index in [9.17, 15) is 4.79 Å². The van der Waals surface area contributed by atoms with Crippen LogP contribution in [0.15, 0.2) is 36.1 Å². The Bertz CT molecular complexity index is 421. The number of benzene rings is 1. The Morgan fingerprint density at radius 2 is 2.31 bits per heavy atom. The van der Waals surface area contributed by atoms with Gasteiger partial charge in [-0.2, -0.15) is 0 Å². The summed E-state index contributed by atoms with van der Waals surface area (Å²) in [4.78, 5) is 12.0. The lowest BCUT2D eigenvalue weighted by atomic mass is 10.1.